The first-order valence-electron chi connectivity index (χ1n) is 6.17. The van der Waals surface area contributed by atoms with Crippen molar-refractivity contribution in [2.24, 2.45) is 17.8 Å². The zero-order valence-electron chi connectivity index (χ0n) is 10.5. The second-order valence-corrected chi connectivity index (χ2v) is 4.96. The first-order valence-corrected chi connectivity index (χ1v) is 6.17. The minimum Gasteiger partial charge on any atom is -0.481 e. The van der Waals surface area contributed by atoms with Crippen molar-refractivity contribution in [2.75, 3.05) is 6.54 Å². The van der Waals surface area contributed by atoms with Gasteiger partial charge in [0.2, 0.25) is 5.91 Å². The van der Waals surface area contributed by atoms with Gasteiger partial charge in [-0.25, -0.2) is 0 Å². The number of hydrogen-bond donors (Lipinski definition) is 2. The molecule has 0 heterocycles. The number of nitrogens with one attached hydrogen (secondary N) is 1. The highest BCUT2D eigenvalue weighted by Gasteiger charge is 2.22. The summed E-state index contributed by atoms with van der Waals surface area (Å²) in [6, 6.07) is 0. The van der Waals surface area contributed by atoms with Gasteiger partial charge < -0.3 is 10.4 Å². The van der Waals surface area contributed by atoms with Crippen molar-refractivity contribution in [3.8, 4) is 0 Å². The quantitative estimate of drug-likeness (QED) is 0.695. The van der Waals surface area contributed by atoms with E-state index in [4.69, 9.17) is 5.11 Å². The third-order valence-corrected chi connectivity index (χ3v) is 3.20. The Morgan fingerprint density at radius 2 is 2.18 bits per heavy atom. The molecule has 0 aromatic rings. The molecule has 17 heavy (non-hydrogen) atoms. The van der Waals surface area contributed by atoms with Crippen LogP contribution in [0, 0.1) is 17.8 Å². The van der Waals surface area contributed by atoms with Crippen LogP contribution in [0.5, 0.6) is 0 Å². The third-order valence-electron chi connectivity index (χ3n) is 3.20. The lowest BCUT2D eigenvalue weighted by Gasteiger charge is -2.17. The summed E-state index contributed by atoms with van der Waals surface area (Å²) in [7, 11) is 0. The number of rotatable bonds is 6. The molecule has 0 saturated carbocycles. The van der Waals surface area contributed by atoms with Gasteiger partial charge in [0.25, 0.3) is 0 Å². The Morgan fingerprint density at radius 1 is 1.47 bits per heavy atom. The maximum Gasteiger partial charge on any atom is 0.308 e. The van der Waals surface area contributed by atoms with Crippen LogP contribution in [0.15, 0.2) is 12.2 Å². The molecule has 0 spiro atoms. The van der Waals surface area contributed by atoms with Gasteiger partial charge in [-0.15, -0.1) is 0 Å². The Morgan fingerprint density at radius 3 is 2.65 bits per heavy atom. The summed E-state index contributed by atoms with van der Waals surface area (Å²) < 4.78 is 0. The summed E-state index contributed by atoms with van der Waals surface area (Å²) in [5.41, 5.74) is 0. The molecule has 2 atom stereocenters. The van der Waals surface area contributed by atoms with Crippen molar-refractivity contribution >= 4 is 11.9 Å². The van der Waals surface area contributed by atoms with Crippen molar-refractivity contribution in [1.82, 2.24) is 5.32 Å². The van der Waals surface area contributed by atoms with E-state index in [0.717, 1.165) is 12.8 Å². The van der Waals surface area contributed by atoms with Crippen molar-refractivity contribution < 1.29 is 14.7 Å². The largest absolute Gasteiger partial charge is 0.481 e. The standard InChI is InChI=1S/C13H21NO3/c1-9(2)11(13(16)17)8-14-12(15)7-10-5-3-4-6-10/h3,5,9-11H,4,6-8H2,1-2H3,(H,14,15)(H,16,17). The van der Waals surface area contributed by atoms with E-state index in [9.17, 15) is 9.59 Å². The molecule has 0 radical (unpaired) electrons. The lowest BCUT2D eigenvalue weighted by Crippen LogP contribution is -2.36. The van der Waals surface area contributed by atoms with Crippen LogP contribution in [0.1, 0.15) is 33.1 Å². The lowest BCUT2D eigenvalue weighted by atomic mass is 9.96. The van der Waals surface area contributed by atoms with Crippen LogP contribution in [0.3, 0.4) is 0 Å². The zero-order valence-corrected chi connectivity index (χ0v) is 10.5. The van der Waals surface area contributed by atoms with Gasteiger partial charge in [-0.1, -0.05) is 26.0 Å². The van der Waals surface area contributed by atoms with Gasteiger partial charge in [0, 0.05) is 13.0 Å². The molecule has 2 N–H and O–H groups in total. The van der Waals surface area contributed by atoms with Crippen LogP contribution >= 0.6 is 0 Å². The summed E-state index contributed by atoms with van der Waals surface area (Å²) in [6.45, 7) is 3.93. The van der Waals surface area contributed by atoms with Gasteiger partial charge in [0.1, 0.15) is 0 Å². The SMILES string of the molecule is CC(C)C(CNC(=O)CC1C=CCC1)C(=O)O. The molecule has 1 rings (SSSR count). The Kier molecular flexibility index (Phi) is 5.19. The number of carbonyl (C=O) groups excluding carboxylic acids is 1. The first-order chi connectivity index (χ1) is 8.00. The second-order valence-electron chi connectivity index (χ2n) is 4.96. The van der Waals surface area contributed by atoms with Crippen molar-refractivity contribution in [2.45, 2.75) is 33.1 Å². The number of carboxylic acid groups (broad SMARTS) is 1. The lowest BCUT2D eigenvalue weighted by molar-refractivity contribution is -0.143. The van der Waals surface area contributed by atoms with Gasteiger partial charge in [-0.2, -0.15) is 0 Å². The maximum atomic E-state index is 11.6. The highest BCUT2D eigenvalue weighted by Crippen LogP contribution is 2.20. The minimum atomic E-state index is -0.846. The normalized spacial score (nSPS) is 20.5. The van der Waals surface area contributed by atoms with E-state index in [2.05, 4.69) is 17.5 Å². The number of carboxylic acids is 1. The molecule has 1 aliphatic carbocycles. The van der Waals surface area contributed by atoms with E-state index in [0.29, 0.717) is 12.3 Å². The fraction of sp³-hybridized carbons (Fsp3) is 0.692. The molecule has 0 aromatic heterocycles. The van der Waals surface area contributed by atoms with Crippen molar-refractivity contribution in [3.05, 3.63) is 12.2 Å². The number of hydrogen-bond acceptors (Lipinski definition) is 2. The summed E-state index contributed by atoms with van der Waals surface area (Å²) >= 11 is 0. The molecule has 1 aliphatic rings. The Labute approximate surface area is 102 Å². The zero-order chi connectivity index (χ0) is 12.8. The van der Waals surface area contributed by atoms with Crippen LogP contribution in [0.25, 0.3) is 0 Å². The number of allylic oxidation sites excluding steroid dienone is 2. The highest BCUT2D eigenvalue weighted by atomic mass is 16.4. The second kappa shape index (κ2) is 6.42. The van der Waals surface area contributed by atoms with Gasteiger partial charge >= 0.3 is 5.97 Å². The van der Waals surface area contributed by atoms with Crippen LogP contribution < -0.4 is 5.32 Å². The molecule has 4 nitrogen and oxygen atoms in total. The molecule has 1 amide bonds. The van der Waals surface area contributed by atoms with Crippen LogP contribution in [0.4, 0.5) is 0 Å². The Balaban J connectivity index is 2.30. The number of carbonyl (C=O) groups is 2. The minimum absolute atomic E-state index is 0.0270. The smallest absolute Gasteiger partial charge is 0.308 e. The van der Waals surface area contributed by atoms with E-state index in [1.165, 1.54) is 0 Å². The van der Waals surface area contributed by atoms with Crippen LogP contribution in [-0.2, 0) is 9.59 Å². The molecule has 0 aromatic carbocycles. The maximum absolute atomic E-state index is 11.6. The van der Waals surface area contributed by atoms with E-state index in [1.807, 2.05) is 13.8 Å². The fourth-order valence-corrected chi connectivity index (χ4v) is 2.01. The van der Waals surface area contributed by atoms with E-state index >= 15 is 0 Å². The first kappa shape index (κ1) is 13.7. The van der Waals surface area contributed by atoms with Crippen molar-refractivity contribution in [1.29, 1.82) is 0 Å². The van der Waals surface area contributed by atoms with E-state index in [1.54, 1.807) is 0 Å². The highest BCUT2D eigenvalue weighted by molar-refractivity contribution is 5.77. The summed E-state index contributed by atoms with van der Waals surface area (Å²) in [6.07, 6.45) is 6.70. The van der Waals surface area contributed by atoms with Gasteiger partial charge in [-0.05, 0) is 24.7 Å². The topological polar surface area (TPSA) is 66.4 Å². The Bertz CT molecular complexity index is 310. The molecule has 4 heteroatoms. The predicted molar refractivity (Wildman–Crippen MR) is 65.5 cm³/mol. The molecule has 0 aliphatic heterocycles. The predicted octanol–water partition coefficient (Wildman–Crippen LogP) is 1.82. The van der Waals surface area contributed by atoms with E-state index in [-0.39, 0.29) is 18.4 Å². The molecule has 0 bridgehead atoms. The average molecular weight is 239 g/mol. The molecule has 2 unspecified atom stereocenters. The monoisotopic (exact) mass is 239 g/mol. The van der Waals surface area contributed by atoms with E-state index < -0.39 is 11.9 Å². The molecular formula is C13H21NO3. The Hall–Kier alpha value is -1.32. The summed E-state index contributed by atoms with van der Waals surface area (Å²) in [5, 5.41) is 11.7. The number of amides is 1. The molecule has 0 saturated heterocycles. The summed E-state index contributed by atoms with van der Waals surface area (Å²) in [5.74, 6) is -1.04. The summed E-state index contributed by atoms with van der Waals surface area (Å²) in [4.78, 5) is 22.5. The van der Waals surface area contributed by atoms with Gasteiger partial charge in [0.05, 0.1) is 5.92 Å². The van der Waals surface area contributed by atoms with Crippen molar-refractivity contribution in [3.63, 3.8) is 0 Å². The average Bonchev–Trinajstić information content (AvgIpc) is 2.69. The molecule has 0 fully saturated rings. The van der Waals surface area contributed by atoms with Gasteiger partial charge in [0.15, 0.2) is 0 Å². The van der Waals surface area contributed by atoms with Crippen LogP contribution in [-0.4, -0.2) is 23.5 Å². The third kappa shape index (κ3) is 4.59. The molecular weight excluding hydrogens is 218 g/mol. The van der Waals surface area contributed by atoms with Crippen LogP contribution in [0.2, 0.25) is 0 Å². The number of aliphatic carboxylic acids is 1. The molecule has 96 valence electrons. The van der Waals surface area contributed by atoms with Gasteiger partial charge in [-0.3, -0.25) is 9.59 Å². The fourth-order valence-electron chi connectivity index (χ4n) is 2.01.